The van der Waals surface area contributed by atoms with Gasteiger partial charge in [-0.3, -0.25) is 0 Å². The van der Waals surface area contributed by atoms with Crippen molar-refractivity contribution in [2.75, 3.05) is 6.61 Å². The van der Waals surface area contributed by atoms with E-state index in [4.69, 9.17) is 4.74 Å². The second kappa shape index (κ2) is 7.10. The average molecular weight is 273 g/mol. The molecule has 0 aliphatic carbocycles. The lowest BCUT2D eigenvalue weighted by molar-refractivity contribution is 0.362. The molecule has 100 valence electrons. The van der Waals surface area contributed by atoms with Crippen LogP contribution < -0.4 is 4.74 Å². The summed E-state index contributed by atoms with van der Waals surface area (Å²) in [5, 5.41) is 1.08. The highest BCUT2D eigenvalue weighted by atomic mass is 32.1. The Labute approximate surface area is 118 Å². The number of aryl methyl sites for hydroxylation is 1. The molecule has 0 unspecified atom stereocenters. The van der Waals surface area contributed by atoms with Crippen LogP contribution in [0.25, 0.3) is 10.6 Å². The first kappa shape index (κ1) is 13.8. The average Bonchev–Trinajstić information content (AvgIpc) is 2.93. The molecule has 0 amide bonds. The highest BCUT2D eigenvalue weighted by Gasteiger charge is 2.03. The molecule has 0 fully saturated rings. The van der Waals surface area contributed by atoms with Crippen LogP contribution >= 0.6 is 11.3 Å². The van der Waals surface area contributed by atoms with Gasteiger partial charge in [-0.25, -0.2) is 4.98 Å². The first-order chi connectivity index (χ1) is 9.33. The number of ether oxygens (including phenoxy) is 1. The topological polar surface area (TPSA) is 22.1 Å². The molecule has 0 aliphatic heterocycles. The summed E-state index contributed by atoms with van der Waals surface area (Å²) in [4.78, 5) is 5.76. The Bertz CT molecular complexity index is 528. The van der Waals surface area contributed by atoms with Gasteiger partial charge in [-0.1, -0.05) is 26.0 Å². The van der Waals surface area contributed by atoms with E-state index in [-0.39, 0.29) is 0 Å². The number of allylic oxidation sites excluding steroid dienone is 1. The fourth-order valence-electron chi connectivity index (χ4n) is 1.68. The van der Waals surface area contributed by atoms with Crippen molar-refractivity contribution in [2.24, 2.45) is 0 Å². The molecule has 0 aliphatic rings. The second-order valence-corrected chi connectivity index (χ2v) is 5.32. The Kier molecular flexibility index (Phi) is 5.16. The largest absolute Gasteiger partial charge is 0.490 e. The molecule has 2 aromatic rings. The van der Waals surface area contributed by atoms with Gasteiger partial charge in [-0.15, -0.1) is 11.3 Å². The molecule has 1 aromatic heterocycles. The molecular weight excluding hydrogens is 254 g/mol. The van der Waals surface area contributed by atoms with Crippen molar-refractivity contribution in [1.82, 2.24) is 4.98 Å². The molecule has 0 bridgehead atoms. The second-order valence-electron chi connectivity index (χ2n) is 4.20. The summed E-state index contributed by atoms with van der Waals surface area (Å²) < 4.78 is 5.62. The summed E-state index contributed by atoms with van der Waals surface area (Å²) in [5.74, 6) is 0.900. The van der Waals surface area contributed by atoms with Crippen LogP contribution in [0.3, 0.4) is 0 Å². The summed E-state index contributed by atoms with van der Waals surface area (Å²) in [5.41, 5.74) is 1.15. The van der Waals surface area contributed by atoms with Crippen LogP contribution in [0, 0.1) is 0 Å². The highest BCUT2D eigenvalue weighted by Crippen LogP contribution is 2.26. The zero-order valence-corrected chi connectivity index (χ0v) is 12.2. The third-order valence-electron chi connectivity index (χ3n) is 2.75. The monoisotopic (exact) mass is 273 g/mol. The third kappa shape index (κ3) is 3.93. The van der Waals surface area contributed by atoms with Crippen LogP contribution in [0.2, 0.25) is 0 Å². The standard InChI is InChI=1S/C16H19NOS/c1-3-5-6-11-18-14-9-7-13(8-10-14)16-17-12-15(4-2)19-16/h5-10,12H,3-4,11H2,1-2H3. The lowest BCUT2D eigenvalue weighted by Gasteiger charge is -2.03. The van der Waals surface area contributed by atoms with Gasteiger partial charge in [0.2, 0.25) is 0 Å². The minimum Gasteiger partial charge on any atom is -0.490 e. The molecule has 19 heavy (non-hydrogen) atoms. The van der Waals surface area contributed by atoms with Gasteiger partial charge in [0.05, 0.1) is 0 Å². The molecular formula is C16H19NOS. The van der Waals surface area contributed by atoms with Gasteiger partial charge in [-0.05, 0) is 37.1 Å². The normalized spacial score (nSPS) is 11.1. The Balaban J connectivity index is 1.99. The maximum atomic E-state index is 5.62. The molecule has 0 saturated heterocycles. The summed E-state index contributed by atoms with van der Waals surface area (Å²) in [7, 11) is 0. The van der Waals surface area contributed by atoms with Crippen molar-refractivity contribution in [3.63, 3.8) is 0 Å². The SMILES string of the molecule is CCC=CCOc1ccc(-c2ncc(CC)s2)cc1. The number of rotatable bonds is 6. The van der Waals surface area contributed by atoms with Gasteiger partial charge in [0.25, 0.3) is 0 Å². The van der Waals surface area contributed by atoms with E-state index < -0.39 is 0 Å². The van der Waals surface area contributed by atoms with E-state index in [9.17, 15) is 0 Å². The fourth-order valence-corrected chi connectivity index (χ4v) is 2.53. The van der Waals surface area contributed by atoms with Crippen LogP contribution in [-0.2, 0) is 6.42 Å². The number of hydrogen-bond donors (Lipinski definition) is 0. The number of nitrogens with zero attached hydrogens (tertiary/aromatic N) is 1. The van der Waals surface area contributed by atoms with Crippen molar-refractivity contribution in [2.45, 2.75) is 26.7 Å². The Morgan fingerprint density at radius 1 is 1.16 bits per heavy atom. The Hall–Kier alpha value is -1.61. The van der Waals surface area contributed by atoms with Gasteiger partial charge in [0.1, 0.15) is 17.4 Å². The van der Waals surface area contributed by atoms with Crippen LogP contribution in [0.1, 0.15) is 25.1 Å². The number of benzene rings is 1. The molecule has 1 aromatic carbocycles. The molecule has 0 atom stereocenters. The zero-order valence-electron chi connectivity index (χ0n) is 11.4. The molecule has 0 saturated carbocycles. The van der Waals surface area contributed by atoms with Gasteiger partial charge in [0.15, 0.2) is 0 Å². The molecule has 2 nitrogen and oxygen atoms in total. The summed E-state index contributed by atoms with van der Waals surface area (Å²) in [6, 6.07) is 8.14. The van der Waals surface area contributed by atoms with Gasteiger partial charge >= 0.3 is 0 Å². The lowest BCUT2D eigenvalue weighted by atomic mass is 10.2. The van der Waals surface area contributed by atoms with Crippen LogP contribution in [0.5, 0.6) is 5.75 Å². The molecule has 3 heteroatoms. The van der Waals surface area contributed by atoms with E-state index in [0.29, 0.717) is 6.61 Å². The maximum Gasteiger partial charge on any atom is 0.123 e. The zero-order chi connectivity index (χ0) is 13.5. The molecule has 1 heterocycles. The van der Waals surface area contributed by atoms with E-state index in [1.165, 1.54) is 4.88 Å². The van der Waals surface area contributed by atoms with Crippen LogP contribution in [-0.4, -0.2) is 11.6 Å². The van der Waals surface area contributed by atoms with E-state index >= 15 is 0 Å². The molecule has 0 radical (unpaired) electrons. The first-order valence-corrected chi connectivity index (χ1v) is 7.48. The minimum absolute atomic E-state index is 0.629. The lowest BCUT2D eigenvalue weighted by Crippen LogP contribution is -1.92. The Morgan fingerprint density at radius 3 is 2.58 bits per heavy atom. The van der Waals surface area contributed by atoms with E-state index in [1.54, 1.807) is 11.3 Å². The van der Waals surface area contributed by atoms with Gasteiger partial charge in [0, 0.05) is 16.6 Å². The maximum absolute atomic E-state index is 5.62. The minimum atomic E-state index is 0.629. The van der Waals surface area contributed by atoms with Crippen LogP contribution in [0.15, 0.2) is 42.6 Å². The first-order valence-electron chi connectivity index (χ1n) is 6.66. The van der Waals surface area contributed by atoms with E-state index in [2.05, 4.69) is 37.0 Å². The fraction of sp³-hybridized carbons (Fsp3) is 0.312. The predicted molar refractivity (Wildman–Crippen MR) is 81.9 cm³/mol. The van der Waals surface area contributed by atoms with E-state index in [0.717, 1.165) is 29.2 Å². The van der Waals surface area contributed by atoms with E-state index in [1.807, 2.05) is 24.4 Å². The Morgan fingerprint density at radius 2 is 1.95 bits per heavy atom. The van der Waals surface area contributed by atoms with Crippen molar-refractivity contribution in [1.29, 1.82) is 0 Å². The quantitative estimate of drug-likeness (QED) is 0.711. The van der Waals surface area contributed by atoms with Crippen molar-refractivity contribution >= 4 is 11.3 Å². The number of aromatic nitrogens is 1. The summed E-state index contributed by atoms with van der Waals surface area (Å²) in [6.45, 7) is 4.90. The summed E-state index contributed by atoms with van der Waals surface area (Å²) >= 11 is 1.75. The smallest absolute Gasteiger partial charge is 0.123 e. The highest BCUT2D eigenvalue weighted by molar-refractivity contribution is 7.15. The van der Waals surface area contributed by atoms with Crippen LogP contribution in [0.4, 0.5) is 0 Å². The number of hydrogen-bond acceptors (Lipinski definition) is 3. The summed E-state index contributed by atoms with van der Waals surface area (Å²) in [6.07, 6.45) is 8.20. The van der Waals surface area contributed by atoms with Gasteiger partial charge < -0.3 is 4.74 Å². The van der Waals surface area contributed by atoms with Crippen molar-refractivity contribution < 1.29 is 4.74 Å². The molecule has 0 spiro atoms. The predicted octanol–water partition coefficient (Wildman–Crippen LogP) is 4.72. The van der Waals surface area contributed by atoms with Gasteiger partial charge in [-0.2, -0.15) is 0 Å². The molecule has 0 N–H and O–H groups in total. The number of thiazole rings is 1. The van der Waals surface area contributed by atoms with Crippen molar-refractivity contribution in [3.8, 4) is 16.3 Å². The van der Waals surface area contributed by atoms with Crippen molar-refractivity contribution in [3.05, 3.63) is 47.5 Å². The molecule has 2 rings (SSSR count). The third-order valence-corrected chi connectivity index (χ3v) is 3.94.